The second kappa shape index (κ2) is 6.67. The van der Waals surface area contributed by atoms with Crippen molar-refractivity contribution in [2.75, 3.05) is 32.1 Å². The van der Waals surface area contributed by atoms with Crippen molar-refractivity contribution in [1.82, 2.24) is 4.90 Å². The van der Waals surface area contributed by atoms with Gasteiger partial charge in [-0.25, -0.2) is 0 Å². The number of likely N-dealkylation sites (tertiary alicyclic amines) is 1. The number of aryl methyl sites for hydroxylation is 2. The number of hydrogen-bond donors (Lipinski definition) is 2. The van der Waals surface area contributed by atoms with Gasteiger partial charge in [-0.2, -0.15) is 0 Å². The SMILES string of the molecule is COC(=O)[C@]12C[C@H](N)C[C@H]1CN(CC(=O)Nc1ccc3c(c1)CCC3)C2. The van der Waals surface area contributed by atoms with Crippen molar-refractivity contribution in [3.8, 4) is 0 Å². The maximum absolute atomic E-state index is 12.5. The summed E-state index contributed by atoms with van der Waals surface area (Å²) in [6.45, 7) is 1.57. The van der Waals surface area contributed by atoms with Crippen LogP contribution in [0.5, 0.6) is 0 Å². The van der Waals surface area contributed by atoms with Crippen molar-refractivity contribution in [2.45, 2.75) is 38.1 Å². The number of amides is 1. The minimum absolute atomic E-state index is 0.0350. The van der Waals surface area contributed by atoms with E-state index in [0.29, 0.717) is 19.5 Å². The van der Waals surface area contributed by atoms with Crippen LogP contribution in [0.15, 0.2) is 18.2 Å². The predicted octanol–water partition coefficient (Wildman–Crippen LogP) is 1.33. The Bertz CT molecular complexity index is 735. The number of carbonyl (C=O) groups is 2. The van der Waals surface area contributed by atoms with Gasteiger partial charge in [0.05, 0.1) is 19.1 Å². The predicted molar refractivity (Wildman–Crippen MR) is 98.7 cm³/mol. The summed E-state index contributed by atoms with van der Waals surface area (Å²) in [6, 6.07) is 6.23. The summed E-state index contributed by atoms with van der Waals surface area (Å²) in [5, 5.41) is 3.01. The molecule has 1 saturated carbocycles. The molecule has 26 heavy (non-hydrogen) atoms. The first kappa shape index (κ1) is 17.5. The molecule has 0 bridgehead atoms. The Kier molecular flexibility index (Phi) is 4.49. The van der Waals surface area contributed by atoms with Gasteiger partial charge in [-0.05, 0) is 61.3 Å². The number of ether oxygens (including phenoxy) is 1. The Morgan fingerprint density at radius 1 is 1.35 bits per heavy atom. The van der Waals surface area contributed by atoms with Crippen LogP contribution >= 0.6 is 0 Å². The van der Waals surface area contributed by atoms with Crippen LogP contribution in [-0.4, -0.2) is 49.6 Å². The standard InChI is InChI=1S/C20H27N3O3/c1-26-19(25)20-9-16(21)8-15(20)10-23(12-20)11-18(24)22-17-6-5-13-3-2-4-14(13)7-17/h5-7,15-16H,2-4,8-12,21H2,1H3,(H,22,24)/t15-,16+,20-/m0/s1. The van der Waals surface area contributed by atoms with E-state index in [1.165, 1.54) is 24.7 Å². The smallest absolute Gasteiger partial charge is 0.313 e. The van der Waals surface area contributed by atoms with Gasteiger partial charge in [-0.15, -0.1) is 0 Å². The molecule has 1 heterocycles. The van der Waals surface area contributed by atoms with Crippen molar-refractivity contribution in [3.05, 3.63) is 29.3 Å². The fourth-order valence-corrected chi connectivity index (χ4v) is 5.22. The highest BCUT2D eigenvalue weighted by Crippen LogP contribution is 2.48. The third kappa shape index (κ3) is 3.01. The molecule has 2 aliphatic carbocycles. The highest BCUT2D eigenvalue weighted by atomic mass is 16.5. The van der Waals surface area contributed by atoms with Crippen LogP contribution in [-0.2, 0) is 27.2 Å². The van der Waals surface area contributed by atoms with Gasteiger partial charge in [0.15, 0.2) is 0 Å². The van der Waals surface area contributed by atoms with Gasteiger partial charge < -0.3 is 15.8 Å². The summed E-state index contributed by atoms with van der Waals surface area (Å²) in [6.07, 6.45) is 4.89. The molecule has 140 valence electrons. The molecule has 0 radical (unpaired) electrons. The topological polar surface area (TPSA) is 84.7 Å². The van der Waals surface area contributed by atoms with Crippen LogP contribution in [0.2, 0.25) is 0 Å². The molecule has 0 spiro atoms. The van der Waals surface area contributed by atoms with Crippen LogP contribution in [0.1, 0.15) is 30.4 Å². The van der Waals surface area contributed by atoms with Gasteiger partial charge in [0.1, 0.15) is 0 Å². The number of benzene rings is 1. The monoisotopic (exact) mass is 357 g/mol. The number of methoxy groups -OCH3 is 1. The van der Waals surface area contributed by atoms with Gasteiger partial charge in [0.25, 0.3) is 0 Å². The summed E-state index contributed by atoms with van der Waals surface area (Å²) in [7, 11) is 1.43. The van der Waals surface area contributed by atoms with Crippen LogP contribution in [0.4, 0.5) is 5.69 Å². The van der Waals surface area contributed by atoms with E-state index in [0.717, 1.165) is 31.5 Å². The van der Waals surface area contributed by atoms with E-state index in [4.69, 9.17) is 10.5 Å². The largest absolute Gasteiger partial charge is 0.469 e. The first-order chi connectivity index (χ1) is 12.5. The molecular formula is C20H27N3O3. The Balaban J connectivity index is 1.39. The molecule has 1 aromatic carbocycles. The molecule has 1 aliphatic heterocycles. The van der Waals surface area contributed by atoms with Gasteiger partial charge in [0, 0.05) is 24.8 Å². The van der Waals surface area contributed by atoms with E-state index in [1.54, 1.807) is 0 Å². The number of hydrogen-bond acceptors (Lipinski definition) is 5. The molecule has 0 aromatic heterocycles. The van der Waals surface area contributed by atoms with Crippen LogP contribution < -0.4 is 11.1 Å². The lowest BCUT2D eigenvalue weighted by Crippen LogP contribution is -2.39. The van der Waals surface area contributed by atoms with Crippen molar-refractivity contribution in [3.63, 3.8) is 0 Å². The van der Waals surface area contributed by atoms with Crippen LogP contribution in [0, 0.1) is 11.3 Å². The van der Waals surface area contributed by atoms with E-state index >= 15 is 0 Å². The molecule has 3 atom stereocenters. The molecule has 6 heteroatoms. The summed E-state index contributed by atoms with van der Waals surface area (Å²) in [5.41, 5.74) is 9.15. The lowest BCUT2D eigenvalue weighted by Gasteiger charge is -2.25. The molecule has 3 aliphatic rings. The maximum atomic E-state index is 12.5. The number of esters is 1. The third-order valence-electron chi connectivity index (χ3n) is 6.32. The summed E-state index contributed by atoms with van der Waals surface area (Å²) in [5.74, 6) is -0.0399. The number of nitrogens with zero attached hydrogens (tertiary/aromatic N) is 1. The average Bonchev–Trinajstić information content (AvgIpc) is 3.26. The quantitative estimate of drug-likeness (QED) is 0.794. The molecule has 1 saturated heterocycles. The van der Waals surface area contributed by atoms with Crippen molar-refractivity contribution in [2.24, 2.45) is 17.1 Å². The van der Waals surface area contributed by atoms with Gasteiger partial charge in [-0.3, -0.25) is 14.5 Å². The number of nitrogens with one attached hydrogen (secondary N) is 1. The van der Waals surface area contributed by atoms with E-state index in [9.17, 15) is 9.59 Å². The molecule has 0 unspecified atom stereocenters. The zero-order valence-corrected chi connectivity index (χ0v) is 15.3. The van der Waals surface area contributed by atoms with Gasteiger partial charge in [-0.1, -0.05) is 6.07 Å². The Labute approximate surface area is 154 Å². The minimum atomic E-state index is -0.540. The number of rotatable bonds is 4. The molecular weight excluding hydrogens is 330 g/mol. The number of nitrogens with two attached hydrogens (primary N) is 1. The molecule has 1 amide bonds. The molecule has 3 N–H and O–H groups in total. The van der Waals surface area contributed by atoms with E-state index in [1.807, 2.05) is 6.07 Å². The van der Waals surface area contributed by atoms with Gasteiger partial charge >= 0.3 is 5.97 Å². The van der Waals surface area contributed by atoms with Crippen molar-refractivity contribution in [1.29, 1.82) is 0 Å². The molecule has 4 rings (SSSR count). The second-order valence-electron chi connectivity index (χ2n) is 8.10. The first-order valence-electron chi connectivity index (χ1n) is 9.48. The number of anilines is 1. The first-order valence-corrected chi connectivity index (χ1v) is 9.48. The van der Waals surface area contributed by atoms with Crippen molar-refractivity contribution >= 4 is 17.6 Å². The molecule has 1 aromatic rings. The van der Waals surface area contributed by atoms with E-state index in [-0.39, 0.29) is 23.8 Å². The Morgan fingerprint density at radius 2 is 2.15 bits per heavy atom. The Morgan fingerprint density at radius 3 is 2.96 bits per heavy atom. The Hall–Kier alpha value is -1.92. The summed E-state index contributed by atoms with van der Waals surface area (Å²) < 4.78 is 5.06. The fourth-order valence-electron chi connectivity index (χ4n) is 5.22. The average molecular weight is 357 g/mol. The molecule has 6 nitrogen and oxygen atoms in total. The molecule has 2 fully saturated rings. The summed E-state index contributed by atoms with van der Waals surface area (Å²) >= 11 is 0. The minimum Gasteiger partial charge on any atom is -0.469 e. The second-order valence-corrected chi connectivity index (χ2v) is 8.10. The highest BCUT2D eigenvalue weighted by Gasteiger charge is 2.57. The van der Waals surface area contributed by atoms with Crippen LogP contribution in [0.25, 0.3) is 0 Å². The lowest BCUT2D eigenvalue weighted by molar-refractivity contribution is -0.153. The van der Waals surface area contributed by atoms with Crippen LogP contribution in [0.3, 0.4) is 0 Å². The lowest BCUT2D eigenvalue weighted by atomic mass is 9.81. The number of carbonyl (C=O) groups excluding carboxylic acids is 2. The van der Waals surface area contributed by atoms with Gasteiger partial charge in [0.2, 0.25) is 5.91 Å². The van der Waals surface area contributed by atoms with Crippen molar-refractivity contribution < 1.29 is 14.3 Å². The van der Waals surface area contributed by atoms with E-state index < -0.39 is 5.41 Å². The third-order valence-corrected chi connectivity index (χ3v) is 6.32. The summed E-state index contributed by atoms with van der Waals surface area (Å²) in [4.78, 5) is 27.0. The van der Waals surface area contributed by atoms with E-state index in [2.05, 4.69) is 22.3 Å². The zero-order chi connectivity index (χ0) is 18.3. The normalized spacial score (nSPS) is 30.1. The fraction of sp³-hybridized carbons (Fsp3) is 0.600. The zero-order valence-electron chi connectivity index (χ0n) is 15.3. The highest BCUT2D eigenvalue weighted by molar-refractivity contribution is 5.92. The maximum Gasteiger partial charge on any atom is 0.313 e. The number of fused-ring (bicyclic) bond motifs is 2.